The Morgan fingerprint density at radius 3 is 1.35 bits per heavy atom. The van der Waals surface area contributed by atoms with Crippen molar-refractivity contribution in [3.8, 4) is 22.8 Å². The third kappa shape index (κ3) is 12.5. The van der Waals surface area contributed by atoms with E-state index in [2.05, 4.69) is 108 Å². The Morgan fingerprint density at radius 1 is 0.673 bits per heavy atom. The van der Waals surface area contributed by atoms with Crippen LogP contribution in [-0.2, 0) is 13.1 Å². The zero-order chi connectivity index (χ0) is 35.3. The Morgan fingerprint density at radius 2 is 1.06 bits per heavy atom. The second-order valence-electron chi connectivity index (χ2n) is 13.5. The fourth-order valence-corrected chi connectivity index (χ4v) is 5.72. The summed E-state index contributed by atoms with van der Waals surface area (Å²) in [5.74, 6) is 1.40. The van der Waals surface area contributed by atoms with E-state index >= 15 is 0 Å². The first kappa shape index (κ1) is 37.4. The molecule has 0 saturated heterocycles. The van der Waals surface area contributed by atoms with Gasteiger partial charge in [0.1, 0.15) is 12.7 Å². The maximum Gasteiger partial charge on any atom is 0.181 e. The Kier molecular flexibility index (Phi) is 13.6. The molecule has 0 fully saturated rings. The molecule has 2 aliphatic carbocycles. The molecule has 0 radical (unpaired) electrons. The molecular weight excluding hydrogens is 640 g/mol. The van der Waals surface area contributed by atoms with Crippen molar-refractivity contribution >= 4 is 22.9 Å². The number of aromatic nitrogens is 6. The molecule has 49 heavy (non-hydrogen) atoms. The van der Waals surface area contributed by atoms with Gasteiger partial charge < -0.3 is 10.2 Å². The van der Waals surface area contributed by atoms with Crippen molar-refractivity contribution in [1.82, 2.24) is 29.5 Å². The molecule has 0 amide bonds. The molecule has 0 saturated carbocycles. The van der Waals surface area contributed by atoms with Crippen molar-refractivity contribution in [3.05, 3.63) is 84.5 Å². The molecule has 2 aromatic heterocycles. The number of benzene rings is 2. The SMILES string of the molecule is CC(C)(O)Cn1cnc(-c2ccc(C3=CCCCC3)cc2)n1.CC(C)(O)Cn1cnc(-c2ccc(C3=CCCCC3)cc2)n1.N=NN=NCl. The van der Waals surface area contributed by atoms with Gasteiger partial charge >= 0.3 is 0 Å². The van der Waals surface area contributed by atoms with Crippen LogP contribution in [0.5, 0.6) is 0 Å². The number of halogens is 1. The molecule has 260 valence electrons. The van der Waals surface area contributed by atoms with E-state index in [1.165, 1.54) is 73.6 Å². The molecule has 0 bridgehead atoms. The van der Waals surface area contributed by atoms with E-state index < -0.39 is 11.2 Å². The van der Waals surface area contributed by atoms with E-state index in [1.54, 1.807) is 49.7 Å². The van der Waals surface area contributed by atoms with Crippen molar-refractivity contribution in [3.63, 3.8) is 0 Å². The first-order valence-electron chi connectivity index (χ1n) is 16.7. The summed E-state index contributed by atoms with van der Waals surface area (Å²) in [5, 5.41) is 33.6. The second kappa shape index (κ2) is 17.8. The van der Waals surface area contributed by atoms with Gasteiger partial charge in [0.2, 0.25) is 0 Å². The zero-order valence-electron chi connectivity index (χ0n) is 28.8. The van der Waals surface area contributed by atoms with Crippen molar-refractivity contribution in [2.45, 2.75) is 103 Å². The van der Waals surface area contributed by atoms with Crippen molar-refractivity contribution in [2.75, 3.05) is 0 Å². The van der Waals surface area contributed by atoms with Gasteiger partial charge in [-0.05, 0) is 112 Å². The molecule has 2 heterocycles. The fraction of sp³-hybridized carbons (Fsp3) is 0.444. The lowest BCUT2D eigenvalue weighted by atomic mass is 9.93. The van der Waals surface area contributed by atoms with E-state index in [1.807, 2.05) is 0 Å². The number of aliphatic hydroxyl groups is 2. The monoisotopic (exact) mass is 686 g/mol. The highest BCUT2D eigenvalue weighted by molar-refractivity contribution is 6.13. The average molecular weight is 687 g/mol. The third-order valence-corrected chi connectivity index (χ3v) is 7.93. The van der Waals surface area contributed by atoms with E-state index in [-0.39, 0.29) is 0 Å². The maximum absolute atomic E-state index is 9.84. The quantitative estimate of drug-likeness (QED) is 0.118. The molecule has 12 nitrogen and oxygen atoms in total. The molecular formula is C36H47ClN10O2. The number of nitrogens with zero attached hydrogens (tertiary/aromatic N) is 9. The minimum absolute atomic E-state index is 0.435. The molecule has 2 aliphatic rings. The molecule has 4 aromatic rings. The summed E-state index contributed by atoms with van der Waals surface area (Å²) in [6.45, 7) is 7.93. The van der Waals surface area contributed by atoms with Crippen LogP contribution in [0.25, 0.3) is 33.9 Å². The van der Waals surface area contributed by atoms with Gasteiger partial charge in [0.25, 0.3) is 0 Å². The zero-order valence-corrected chi connectivity index (χ0v) is 29.6. The smallest absolute Gasteiger partial charge is 0.181 e. The summed E-state index contributed by atoms with van der Waals surface area (Å²) in [5.41, 5.74) is 11.8. The summed E-state index contributed by atoms with van der Waals surface area (Å²) < 4.78 is 5.97. The van der Waals surface area contributed by atoms with Crippen LogP contribution in [0.4, 0.5) is 0 Å². The molecule has 0 aliphatic heterocycles. The first-order chi connectivity index (χ1) is 23.4. The summed E-state index contributed by atoms with van der Waals surface area (Å²) in [6.07, 6.45) is 18.0. The van der Waals surface area contributed by atoms with Crippen LogP contribution in [0.2, 0.25) is 0 Å². The number of rotatable bonds is 9. The average Bonchev–Trinajstić information content (AvgIpc) is 3.75. The van der Waals surface area contributed by atoms with Gasteiger partial charge in [-0.15, -0.1) is 0 Å². The van der Waals surface area contributed by atoms with Crippen LogP contribution in [0.1, 0.15) is 90.2 Å². The van der Waals surface area contributed by atoms with E-state index in [0.717, 1.165) is 11.1 Å². The number of hydrogen-bond donors (Lipinski definition) is 3. The minimum atomic E-state index is -0.789. The van der Waals surface area contributed by atoms with Crippen LogP contribution in [-0.4, -0.2) is 50.9 Å². The van der Waals surface area contributed by atoms with Gasteiger partial charge in [-0.3, -0.25) is 0 Å². The number of nitrogens with one attached hydrogen (secondary N) is 1. The van der Waals surface area contributed by atoms with E-state index in [4.69, 9.17) is 5.53 Å². The number of allylic oxidation sites excluding steroid dienone is 4. The van der Waals surface area contributed by atoms with Gasteiger partial charge in [-0.1, -0.05) is 65.3 Å². The highest BCUT2D eigenvalue weighted by atomic mass is 35.5. The first-order valence-corrected chi connectivity index (χ1v) is 17.0. The fourth-order valence-electron chi connectivity index (χ4n) is 5.68. The van der Waals surface area contributed by atoms with Gasteiger partial charge in [0.05, 0.1) is 36.1 Å². The van der Waals surface area contributed by atoms with Crippen molar-refractivity contribution < 1.29 is 10.2 Å². The standard InChI is InChI=1S/2C18H23N3O.ClHN4/c2*1-18(2,22)12-21-13-19-17(20-21)16-10-8-15(9-11-16)14-6-4-3-5-7-14;1-3-5-4-2/h2*6,8-11,13,22H,3-5,7,12H2,1-2H3;2H. The van der Waals surface area contributed by atoms with Crippen LogP contribution in [0, 0.1) is 5.53 Å². The third-order valence-electron chi connectivity index (χ3n) is 7.86. The lowest BCUT2D eigenvalue weighted by Crippen LogP contribution is -2.26. The maximum atomic E-state index is 9.84. The molecule has 0 unspecified atom stereocenters. The molecule has 6 rings (SSSR count). The Balaban J connectivity index is 0.000000194. The summed E-state index contributed by atoms with van der Waals surface area (Å²) in [4.78, 5) is 8.68. The van der Waals surface area contributed by atoms with Crippen LogP contribution in [0.3, 0.4) is 0 Å². The normalized spacial score (nSPS) is 15.0. The van der Waals surface area contributed by atoms with Crippen molar-refractivity contribution in [1.29, 1.82) is 5.53 Å². The minimum Gasteiger partial charge on any atom is -0.389 e. The van der Waals surface area contributed by atoms with Gasteiger partial charge in [0, 0.05) is 11.1 Å². The molecule has 13 heteroatoms. The van der Waals surface area contributed by atoms with Crippen molar-refractivity contribution in [2.24, 2.45) is 15.1 Å². The van der Waals surface area contributed by atoms with Crippen LogP contribution < -0.4 is 0 Å². The highest BCUT2D eigenvalue weighted by Crippen LogP contribution is 2.29. The number of hydrogen-bond acceptors (Lipinski definition) is 8. The Bertz CT molecular complexity index is 1590. The Labute approximate surface area is 293 Å². The van der Waals surface area contributed by atoms with E-state index in [9.17, 15) is 10.2 Å². The summed E-state index contributed by atoms with van der Waals surface area (Å²) in [6, 6.07) is 16.9. The second-order valence-corrected chi connectivity index (χ2v) is 13.7. The molecule has 3 N–H and O–H groups in total. The summed E-state index contributed by atoms with van der Waals surface area (Å²) >= 11 is 4.55. The molecule has 0 atom stereocenters. The van der Waals surface area contributed by atoms with Gasteiger partial charge in [-0.25, -0.2) is 19.3 Å². The van der Waals surface area contributed by atoms with E-state index in [0.29, 0.717) is 24.7 Å². The highest BCUT2D eigenvalue weighted by Gasteiger charge is 2.16. The lowest BCUT2D eigenvalue weighted by molar-refractivity contribution is 0.0570. The van der Waals surface area contributed by atoms with Gasteiger partial charge in [0.15, 0.2) is 11.6 Å². The largest absolute Gasteiger partial charge is 0.389 e. The summed E-state index contributed by atoms with van der Waals surface area (Å²) in [7, 11) is 0. The predicted molar refractivity (Wildman–Crippen MR) is 192 cm³/mol. The van der Waals surface area contributed by atoms with Crippen LogP contribution >= 0.6 is 11.8 Å². The lowest BCUT2D eigenvalue weighted by Gasteiger charge is -2.15. The van der Waals surface area contributed by atoms with Crippen LogP contribution in [0.15, 0.2) is 88.4 Å². The molecule has 0 spiro atoms. The predicted octanol–water partition coefficient (Wildman–Crippen LogP) is 8.89. The Hall–Kier alpha value is -4.39. The molecule has 2 aromatic carbocycles. The topological polar surface area (TPSA) is 163 Å². The van der Waals surface area contributed by atoms with Gasteiger partial charge in [-0.2, -0.15) is 15.7 Å².